The van der Waals surface area contributed by atoms with E-state index in [1.807, 2.05) is 0 Å². The average Bonchev–Trinajstić information content (AvgIpc) is 3.01. The Kier molecular flexibility index (Phi) is 17.5. The molecule has 1 fully saturated rings. The first kappa shape index (κ1) is 52.5. The number of unbranched alkanes of at least 4 members (excludes halogenated alkanes) is 3. The summed E-state index contributed by atoms with van der Waals surface area (Å²) in [7, 11) is 0.431. The maximum atomic E-state index is 7.18. The molecule has 6 heteroatoms. The number of likely N-dealkylation sites (N-methyl/N-ethyl adjacent to an activating group) is 2. The maximum Gasteiger partial charge on any atom is 0.187 e. The summed E-state index contributed by atoms with van der Waals surface area (Å²) in [6.07, 6.45) is 10.7. The molecule has 1 heterocycles. The van der Waals surface area contributed by atoms with Gasteiger partial charge in [-0.25, -0.2) is 0 Å². The van der Waals surface area contributed by atoms with Crippen LogP contribution in [-0.2, 0) is 4.43 Å². The number of rotatable bonds is 24. The zero-order chi connectivity index (χ0) is 42.7. The molecule has 0 atom stereocenters. The molecule has 1 saturated heterocycles. The molecule has 0 unspecified atom stereocenters. The van der Waals surface area contributed by atoms with Gasteiger partial charge in [0.05, 0.1) is 48.9 Å². The van der Waals surface area contributed by atoms with Crippen molar-refractivity contribution in [3.05, 3.63) is 0 Å². The fourth-order valence-electron chi connectivity index (χ4n) is 10.7. The number of nitrogens with zero attached hydrogens (tertiary/aromatic N) is 2. The molecule has 0 aliphatic carbocycles. The quantitative estimate of drug-likeness (QED) is 0.0536. The van der Waals surface area contributed by atoms with Crippen LogP contribution in [0.1, 0.15) is 162 Å². The standard InChI is InChI=1S/C48H106N2OSi3/c1-25-27-39-52(19,20)47(13,14)44(7,8)43(5,6)42(3,4)32-29-30-33-49(17)35-37-50(18,38-36-49)34-31-40-53(21,22)48(15,16)45(9,10)46(11,12)51-54(23,24)41-28-26-2/h25-41H2,1-24H3/q+2. The van der Waals surface area contributed by atoms with E-state index in [0.29, 0.717) is 10.5 Å². The largest absolute Gasteiger partial charge is 0.412 e. The Hall–Kier alpha value is 0.531. The highest BCUT2D eigenvalue weighted by molar-refractivity contribution is 6.81. The second-order valence-electron chi connectivity index (χ2n) is 25.5. The SMILES string of the molecule is CCCC[Si](C)(C)OC(C)(C)C(C)(C)C(C)(C)[Si](C)(C)CCC[N+]1(C)CC[N+](C)(CCCCC(C)(C)C(C)(C)C(C)(C)C(C)(C)[Si](C)(C)CCCC)CC1. The van der Waals surface area contributed by atoms with Crippen molar-refractivity contribution in [2.45, 2.75) is 235 Å². The van der Waals surface area contributed by atoms with Gasteiger partial charge >= 0.3 is 0 Å². The van der Waals surface area contributed by atoms with Gasteiger partial charge in [0.15, 0.2) is 8.32 Å². The summed E-state index contributed by atoms with van der Waals surface area (Å²) >= 11 is 0. The lowest BCUT2D eigenvalue weighted by molar-refractivity contribution is -1.02. The molecule has 0 radical (unpaired) electrons. The summed E-state index contributed by atoms with van der Waals surface area (Å²) in [4.78, 5) is 0. The molecular formula is C48H106N2OSi3+2. The van der Waals surface area contributed by atoms with Crippen molar-refractivity contribution in [3.63, 3.8) is 0 Å². The van der Waals surface area contributed by atoms with E-state index in [1.54, 1.807) is 0 Å². The second-order valence-corrected chi connectivity index (χ2v) is 40.8. The number of piperazine rings is 1. The minimum absolute atomic E-state index is 0.0968. The number of quaternary nitrogens is 2. The van der Waals surface area contributed by atoms with E-state index in [2.05, 4.69) is 164 Å². The third-order valence-corrected chi connectivity index (χ3v) is 33.5. The van der Waals surface area contributed by atoms with E-state index >= 15 is 0 Å². The van der Waals surface area contributed by atoms with E-state index in [1.165, 1.54) is 118 Å². The number of hydrogen-bond donors (Lipinski definition) is 0. The van der Waals surface area contributed by atoms with Crippen LogP contribution in [0.25, 0.3) is 0 Å². The van der Waals surface area contributed by atoms with E-state index < -0.39 is 24.5 Å². The Balaban J connectivity index is 2.82. The van der Waals surface area contributed by atoms with Gasteiger partial charge in [-0.15, -0.1) is 0 Å². The fourth-order valence-corrected chi connectivity index (χ4v) is 21.2. The highest BCUT2D eigenvalue weighted by Crippen LogP contribution is 2.67. The van der Waals surface area contributed by atoms with Crippen LogP contribution in [0.3, 0.4) is 0 Å². The number of hydrogen-bond acceptors (Lipinski definition) is 1. The molecule has 0 bridgehead atoms. The van der Waals surface area contributed by atoms with Gasteiger partial charge in [0.25, 0.3) is 0 Å². The Labute approximate surface area is 346 Å². The summed E-state index contributed by atoms with van der Waals surface area (Å²) in [6, 6.07) is 4.13. The molecule has 0 N–H and O–H groups in total. The van der Waals surface area contributed by atoms with Crippen molar-refractivity contribution < 1.29 is 13.4 Å². The molecular weight excluding hydrogens is 705 g/mol. The molecule has 0 aromatic carbocycles. The third-order valence-electron chi connectivity index (χ3n) is 19.7. The molecule has 0 aromatic heterocycles. The second kappa shape index (κ2) is 18.0. The minimum Gasteiger partial charge on any atom is -0.412 e. The summed E-state index contributed by atoms with van der Waals surface area (Å²) in [5, 5.41) is 0.632. The average molecular weight is 812 g/mol. The summed E-state index contributed by atoms with van der Waals surface area (Å²) in [5.41, 5.74) is 0.781. The minimum atomic E-state index is -1.71. The summed E-state index contributed by atoms with van der Waals surface area (Å²) in [5.74, 6) is 0. The normalized spacial score (nSPS) is 22.2. The Morgan fingerprint density at radius 3 is 1.26 bits per heavy atom. The molecule has 0 aromatic rings. The van der Waals surface area contributed by atoms with Crippen LogP contribution in [0.2, 0.25) is 67.5 Å². The van der Waals surface area contributed by atoms with Crippen LogP contribution in [0.15, 0.2) is 0 Å². The molecule has 0 spiro atoms. The zero-order valence-electron chi connectivity index (χ0n) is 42.3. The lowest BCUT2D eigenvalue weighted by Crippen LogP contribution is -2.64. The van der Waals surface area contributed by atoms with Gasteiger partial charge in [-0.1, -0.05) is 161 Å². The molecule has 1 aliphatic heterocycles. The Bertz CT molecular complexity index is 1150. The molecule has 1 aliphatic rings. The van der Waals surface area contributed by atoms with Crippen LogP contribution in [0.5, 0.6) is 0 Å². The van der Waals surface area contributed by atoms with Crippen LogP contribution in [-0.4, -0.2) is 92.4 Å². The van der Waals surface area contributed by atoms with Crippen molar-refractivity contribution in [1.82, 2.24) is 0 Å². The molecule has 0 saturated carbocycles. The van der Waals surface area contributed by atoms with E-state index in [9.17, 15) is 0 Å². The lowest BCUT2D eigenvalue weighted by Gasteiger charge is -2.63. The van der Waals surface area contributed by atoms with Crippen molar-refractivity contribution in [2.24, 2.45) is 21.7 Å². The first-order valence-electron chi connectivity index (χ1n) is 23.3. The van der Waals surface area contributed by atoms with E-state index in [4.69, 9.17) is 4.43 Å². The smallest absolute Gasteiger partial charge is 0.187 e. The maximum absolute atomic E-state index is 7.18. The van der Waals surface area contributed by atoms with Gasteiger partial charge < -0.3 is 13.4 Å². The lowest BCUT2D eigenvalue weighted by atomic mass is 9.50. The monoisotopic (exact) mass is 811 g/mol. The van der Waals surface area contributed by atoms with Gasteiger partial charge in [-0.3, -0.25) is 0 Å². The molecule has 0 amide bonds. The van der Waals surface area contributed by atoms with Gasteiger partial charge in [-0.2, -0.15) is 0 Å². The van der Waals surface area contributed by atoms with Gasteiger partial charge in [-0.05, 0) is 90.4 Å². The van der Waals surface area contributed by atoms with Crippen molar-refractivity contribution >= 4 is 24.5 Å². The summed E-state index contributed by atoms with van der Waals surface area (Å²) in [6.45, 7) is 64.4. The molecule has 3 nitrogen and oxygen atoms in total. The predicted octanol–water partition coefficient (Wildman–Crippen LogP) is 15.1. The van der Waals surface area contributed by atoms with Crippen LogP contribution < -0.4 is 0 Å². The molecule has 54 heavy (non-hydrogen) atoms. The molecule has 1 rings (SSSR count). The topological polar surface area (TPSA) is 9.23 Å². The summed E-state index contributed by atoms with van der Waals surface area (Å²) < 4.78 is 9.74. The zero-order valence-corrected chi connectivity index (χ0v) is 45.3. The fraction of sp³-hybridized carbons (Fsp3) is 1.00. The van der Waals surface area contributed by atoms with Gasteiger partial charge in [0.1, 0.15) is 26.2 Å². The highest BCUT2D eigenvalue weighted by Gasteiger charge is 2.59. The van der Waals surface area contributed by atoms with Crippen LogP contribution >= 0.6 is 0 Å². The Morgan fingerprint density at radius 1 is 0.463 bits per heavy atom. The first-order chi connectivity index (χ1) is 23.9. The van der Waals surface area contributed by atoms with Gasteiger partial charge in [0.2, 0.25) is 0 Å². The highest BCUT2D eigenvalue weighted by atomic mass is 28.4. The van der Waals surface area contributed by atoms with E-state index in [0.717, 1.165) is 0 Å². The van der Waals surface area contributed by atoms with Crippen LogP contribution in [0.4, 0.5) is 0 Å². The Morgan fingerprint density at radius 2 is 0.833 bits per heavy atom. The van der Waals surface area contributed by atoms with Crippen molar-refractivity contribution in [3.8, 4) is 0 Å². The third kappa shape index (κ3) is 11.4. The van der Waals surface area contributed by atoms with Crippen LogP contribution in [0, 0.1) is 21.7 Å². The van der Waals surface area contributed by atoms with Crippen molar-refractivity contribution in [1.29, 1.82) is 0 Å². The molecule has 324 valence electrons. The van der Waals surface area contributed by atoms with Crippen molar-refractivity contribution in [2.75, 3.05) is 53.4 Å². The van der Waals surface area contributed by atoms with E-state index in [-0.39, 0.29) is 26.9 Å². The predicted molar refractivity (Wildman–Crippen MR) is 255 cm³/mol. The first-order valence-corrected chi connectivity index (χ1v) is 32.8. The van der Waals surface area contributed by atoms with Gasteiger partial charge in [0, 0.05) is 0 Å².